The standard InChI is InChI=1S/C19H29N5OS.HI/c1-20-19(21-10-12-24(2)11-7-13-25-3)22-14-17-15-26-18(23-17)16-8-5-4-6-9-16;/h4-6,8-9,15H,7,10-14H2,1-3H3,(H2,20,21,22);1H. The highest BCUT2D eigenvalue weighted by molar-refractivity contribution is 14.0. The number of ether oxygens (including phenoxy) is 1. The fourth-order valence-corrected chi connectivity index (χ4v) is 3.28. The predicted molar refractivity (Wildman–Crippen MR) is 125 cm³/mol. The van der Waals surface area contributed by atoms with Gasteiger partial charge in [-0.1, -0.05) is 30.3 Å². The quantitative estimate of drug-likeness (QED) is 0.226. The van der Waals surface area contributed by atoms with Crippen LogP contribution in [0.25, 0.3) is 10.6 Å². The summed E-state index contributed by atoms with van der Waals surface area (Å²) in [6.07, 6.45) is 1.05. The van der Waals surface area contributed by atoms with E-state index in [0.29, 0.717) is 6.54 Å². The van der Waals surface area contributed by atoms with Crippen LogP contribution in [0.4, 0.5) is 0 Å². The molecule has 0 saturated heterocycles. The van der Waals surface area contributed by atoms with Gasteiger partial charge in [-0.3, -0.25) is 4.99 Å². The van der Waals surface area contributed by atoms with Crippen molar-refractivity contribution in [3.05, 3.63) is 41.4 Å². The van der Waals surface area contributed by atoms with Crippen LogP contribution < -0.4 is 10.6 Å². The van der Waals surface area contributed by atoms with Crippen molar-refractivity contribution in [2.75, 3.05) is 47.4 Å². The molecule has 0 radical (unpaired) electrons. The molecule has 1 aromatic carbocycles. The minimum atomic E-state index is 0. The first kappa shape index (κ1) is 23.8. The minimum Gasteiger partial charge on any atom is -0.385 e. The van der Waals surface area contributed by atoms with E-state index in [1.807, 2.05) is 18.2 Å². The molecule has 0 unspecified atom stereocenters. The number of hydrogen-bond acceptors (Lipinski definition) is 5. The summed E-state index contributed by atoms with van der Waals surface area (Å²) in [5.41, 5.74) is 2.18. The molecule has 0 aliphatic heterocycles. The van der Waals surface area contributed by atoms with E-state index in [1.165, 1.54) is 0 Å². The molecule has 27 heavy (non-hydrogen) atoms. The molecular weight excluding hydrogens is 473 g/mol. The number of benzene rings is 1. The Morgan fingerprint density at radius 2 is 2.00 bits per heavy atom. The molecule has 0 bridgehead atoms. The minimum absolute atomic E-state index is 0. The van der Waals surface area contributed by atoms with Gasteiger partial charge in [-0.15, -0.1) is 35.3 Å². The first-order chi connectivity index (χ1) is 12.7. The lowest BCUT2D eigenvalue weighted by atomic mass is 10.2. The number of aromatic nitrogens is 1. The molecular formula is C19H30IN5OS. The second-order valence-corrected chi connectivity index (χ2v) is 6.87. The van der Waals surface area contributed by atoms with Gasteiger partial charge in [-0.25, -0.2) is 4.98 Å². The summed E-state index contributed by atoms with van der Waals surface area (Å²) in [5.74, 6) is 0.796. The lowest BCUT2D eigenvalue weighted by Crippen LogP contribution is -2.40. The number of rotatable bonds is 10. The average Bonchev–Trinajstić information content (AvgIpc) is 3.14. The van der Waals surface area contributed by atoms with E-state index in [1.54, 1.807) is 25.5 Å². The number of nitrogens with zero attached hydrogens (tertiary/aromatic N) is 3. The number of methoxy groups -OCH3 is 1. The highest BCUT2D eigenvalue weighted by Gasteiger charge is 2.05. The van der Waals surface area contributed by atoms with Gasteiger partial charge in [-0.05, 0) is 13.5 Å². The Morgan fingerprint density at radius 1 is 1.22 bits per heavy atom. The maximum absolute atomic E-state index is 5.08. The molecule has 0 amide bonds. The predicted octanol–water partition coefficient (Wildman–Crippen LogP) is 3.06. The van der Waals surface area contributed by atoms with Crippen molar-refractivity contribution >= 4 is 41.3 Å². The summed E-state index contributed by atoms with van der Waals surface area (Å²) in [6, 6.07) is 10.3. The maximum atomic E-state index is 5.08. The fraction of sp³-hybridized carbons (Fsp3) is 0.474. The summed E-state index contributed by atoms with van der Waals surface area (Å²) < 4.78 is 5.08. The van der Waals surface area contributed by atoms with Gasteiger partial charge in [0.05, 0.1) is 12.2 Å². The van der Waals surface area contributed by atoms with Crippen molar-refractivity contribution < 1.29 is 4.74 Å². The van der Waals surface area contributed by atoms with E-state index in [4.69, 9.17) is 9.72 Å². The molecule has 1 heterocycles. The molecule has 2 aromatic rings. The Kier molecular flexibility index (Phi) is 12.2. The molecule has 0 fully saturated rings. The molecule has 0 aliphatic rings. The highest BCUT2D eigenvalue weighted by atomic mass is 127. The Balaban J connectivity index is 0.00000364. The molecule has 1 aromatic heterocycles. The van der Waals surface area contributed by atoms with Gasteiger partial charge in [-0.2, -0.15) is 0 Å². The van der Waals surface area contributed by atoms with Gasteiger partial charge in [0.2, 0.25) is 0 Å². The first-order valence-electron chi connectivity index (χ1n) is 8.84. The Bertz CT molecular complexity index is 665. The normalized spacial score (nSPS) is 11.3. The van der Waals surface area contributed by atoms with Gasteiger partial charge < -0.3 is 20.3 Å². The van der Waals surface area contributed by atoms with Gasteiger partial charge in [0, 0.05) is 51.3 Å². The van der Waals surface area contributed by atoms with E-state index in [0.717, 1.165) is 54.9 Å². The Labute approximate surface area is 183 Å². The van der Waals surface area contributed by atoms with Gasteiger partial charge in [0.15, 0.2) is 5.96 Å². The van der Waals surface area contributed by atoms with E-state index >= 15 is 0 Å². The third kappa shape index (κ3) is 9.00. The van der Waals surface area contributed by atoms with Crippen LogP contribution in [0.15, 0.2) is 40.7 Å². The zero-order chi connectivity index (χ0) is 18.6. The number of likely N-dealkylation sites (N-methyl/N-ethyl adjacent to an activating group) is 1. The number of nitrogens with one attached hydrogen (secondary N) is 2. The summed E-state index contributed by atoms with van der Waals surface area (Å²) in [7, 11) is 5.64. The van der Waals surface area contributed by atoms with Crippen LogP contribution in [0, 0.1) is 0 Å². The average molecular weight is 503 g/mol. The van der Waals surface area contributed by atoms with Crippen LogP contribution in [0.1, 0.15) is 12.1 Å². The highest BCUT2D eigenvalue weighted by Crippen LogP contribution is 2.23. The molecule has 2 rings (SSSR count). The fourth-order valence-electron chi connectivity index (χ4n) is 2.45. The molecule has 0 spiro atoms. The SMILES string of the molecule is CN=C(NCCN(C)CCCOC)NCc1csc(-c2ccccc2)n1.I. The third-order valence-electron chi connectivity index (χ3n) is 3.91. The molecule has 150 valence electrons. The van der Waals surface area contributed by atoms with Crippen LogP contribution in [0.5, 0.6) is 0 Å². The van der Waals surface area contributed by atoms with Crippen molar-refractivity contribution in [2.24, 2.45) is 4.99 Å². The van der Waals surface area contributed by atoms with Crippen molar-refractivity contribution in [3.63, 3.8) is 0 Å². The maximum Gasteiger partial charge on any atom is 0.191 e. The second-order valence-electron chi connectivity index (χ2n) is 6.01. The van der Waals surface area contributed by atoms with Gasteiger partial charge in [0.25, 0.3) is 0 Å². The smallest absolute Gasteiger partial charge is 0.191 e. The van der Waals surface area contributed by atoms with Crippen LogP contribution in [0.2, 0.25) is 0 Å². The topological polar surface area (TPSA) is 61.8 Å². The number of halogens is 1. The molecule has 0 aliphatic carbocycles. The molecule has 0 atom stereocenters. The second kappa shape index (κ2) is 13.9. The van der Waals surface area contributed by atoms with Gasteiger partial charge in [0.1, 0.15) is 5.01 Å². The van der Waals surface area contributed by atoms with Crippen molar-refractivity contribution in [3.8, 4) is 10.6 Å². The van der Waals surface area contributed by atoms with Crippen molar-refractivity contribution in [1.82, 2.24) is 20.5 Å². The van der Waals surface area contributed by atoms with E-state index in [2.05, 4.69) is 45.1 Å². The molecule has 6 nitrogen and oxygen atoms in total. The summed E-state index contributed by atoms with van der Waals surface area (Å²) >= 11 is 1.66. The number of hydrogen-bond donors (Lipinski definition) is 2. The lowest BCUT2D eigenvalue weighted by molar-refractivity contribution is 0.180. The third-order valence-corrected chi connectivity index (χ3v) is 4.85. The Hall–Kier alpha value is -1.23. The number of guanidine groups is 1. The monoisotopic (exact) mass is 503 g/mol. The summed E-state index contributed by atoms with van der Waals surface area (Å²) in [6.45, 7) is 4.30. The summed E-state index contributed by atoms with van der Waals surface area (Å²) in [4.78, 5) is 11.2. The van der Waals surface area contributed by atoms with E-state index in [-0.39, 0.29) is 24.0 Å². The first-order valence-corrected chi connectivity index (χ1v) is 9.72. The molecule has 8 heteroatoms. The molecule has 2 N–H and O–H groups in total. The largest absolute Gasteiger partial charge is 0.385 e. The van der Waals surface area contributed by atoms with Crippen LogP contribution in [-0.2, 0) is 11.3 Å². The van der Waals surface area contributed by atoms with E-state index in [9.17, 15) is 0 Å². The number of thiazole rings is 1. The van der Waals surface area contributed by atoms with Crippen LogP contribution in [0.3, 0.4) is 0 Å². The zero-order valence-electron chi connectivity index (χ0n) is 16.3. The lowest BCUT2D eigenvalue weighted by Gasteiger charge is -2.17. The van der Waals surface area contributed by atoms with Crippen LogP contribution >= 0.6 is 35.3 Å². The number of aliphatic imine (C=N–C) groups is 1. The van der Waals surface area contributed by atoms with E-state index < -0.39 is 0 Å². The molecule has 0 saturated carbocycles. The zero-order valence-corrected chi connectivity index (χ0v) is 19.4. The van der Waals surface area contributed by atoms with Crippen molar-refractivity contribution in [2.45, 2.75) is 13.0 Å². The van der Waals surface area contributed by atoms with Crippen molar-refractivity contribution in [1.29, 1.82) is 0 Å². The Morgan fingerprint density at radius 3 is 2.70 bits per heavy atom. The van der Waals surface area contributed by atoms with Gasteiger partial charge >= 0.3 is 0 Å². The summed E-state index contributed by atoms with van der Waals surface area (Å²) in [5, 5.41) is 9.80. The van der Waals surface area contributed by atoms with Crippen LogP contribution in [-0.4, -0.2) is 63.3 Å².